The molecule has 290 valence electrons. The van der Waals surface area contributed by atoms with Crippen LogP contribution in [0.15, 0.2) is 47.2 Å². The van der Waals surface area contributed by atoms with Gasteiger partial charge in [-0.05, 0) is 101 Å². The maximum Gasteiger partial charge on any atom is 0.410 e. The van der Waals surface area contributed by atoms with Crippen molar-refractivity contribution < 1.29 is 33.8 Å². The maximum atomic E-state index is 14.2. The first-order chi connectivity index (χ1) is 25.6. The second-order valence-electron chi connectivity index (χ2n) is 15.3. The normalized spacial score (nSPS) is 23.2. The van der Waals surface area contributed by atoms with Crippen LogP contribution in [0.1, 0.15) is 71.3 Å². The molecule has 6 rings (SSSR count). The van der Waals surface area contributed by atoms with Crippen LogP contribution < -0.4 is 5.32 Å². The summed E-state index contributed by atoms with van der Waals surface area (Å²) in [6.07, 6.45) is 6.03. The van der Waals surface area contributed by atoms with E-state index in [4.69, 9.17) is 9.47 Å². The molecule has 1 aliphatic carbocycles. The van der Waals surface area contributed by atoms with Crippen molar-refractivity contribution in [2.24, 2.45) is 5.92 Å². The number of para-hydroxylation sites is 1. The summed E-state index contributed by atoms with van der Waals surface area (Å²) in [5.41, 5.74) is 3.62. The van der Waals surface area contributed by atoms with Crippen molar-refractivity contribution >= 4 is 29.7 Å². The lowest BCUT2D eigenvalue weighted by Crippen LogP contribution is -2.56. The Hall–Kier alpha value is -4.10. The van der Waals surface area contributed by atoms with Crippen molar-refractivity contribution in [3.05, 3.63) is 52.8 Å². The highest BCUT2D eigenvalue weighted by molar-refractivity contribution is 5.91. The molecule has 3 saturated heterocycles. The van der Waals surface area contributed by atoms with Crippen LogP contribution in [-0.2, 0) is 25.5 Å². The summed E-state index contributed by atoms with van der Waals surface area (Å²) >= 11 is 0. The van der Waals surface area contributed by atoms with Gasteiger partial charge in [0.25, 0.3) is 5.91 Å². The number of anilines is 1. The molecule has 4 aliphatic heterocycles. The molecule has 2 atom stereocenters. The second-order valence-corrected chi connectivity index (χ2v) is 15.3. The number of carbonyl (C=O) groups excluding carboxylic acids is 4. The lowest BCUT2D eigenvalue weighted by molar-refractivity contribution is -0.144. The molecule has 2 N–H and O–H groups in total. The van der Waals surface area contributed by atoms with Crippen LogP contribution in [0.3, 0.4) is 0 Å². The maximum absolute atomic E-state index is 14.2. The van der Waals surface area contributed by atoms with Gasteiger partial charge in [0.1, 0.15) is 5.76 Å². The Balaban J connectivity index is 1.02. The minimum Gasteiger partial charge on any atom is -0.508 e. The van der Waals surface area contributed by atoms with Crippen LogP contribution >= 0.6 is 0 Å². The van der Waals surface area contributed by atoms with Gasteiger partial charge in [-0.2, -0.15) is 0 Å². The van der Waals surface area contributed by atoms with Gasteiger partial charge in [-0.1, -0.05) is 24.3 Å². The van der Waals surface area contributed by atoms with Crippen molar-refractivity contribution in [3.8, 4) is 0 Å². The van der Waals surface area contributed by atoms with Gasteiger partial charge in [0.2, 0.25) is 0 Å². The number of likely N-dealkylation sites (tertiary alicyclic amines) is 2. The number of hydrogen-bond acceptors (Lipinski definition) is 9. The number of urea groups is 1. The van der Waals surface area contributed by atoms with E-state index in [2.05, 4.69) is 15.1 Å². The van der Waals surface area contributed by atoms with Crippen molar-refractivity contribution in [1.29, 1.82) is 0 Å². The van der Waals surface area contributed by atoms with Crippen molar-refractivity contribution in [3.63, 3.8) is 0 Å². The quantitative estimate of drug-likeness (QED) is 0.326. The predicted octanol–water partition coefficient (Wildman–Crippen LogP) is 4.80. The third-order valence-corrected chi connectivity index (χ3v) is 11.8. The fourth-order valence-corrected chi connectivity index (χ4v) is 8.74. The number of allylic oxidation sites excluding steroid dienone is 3. The number of amides is 4. The largest absolute Gasteiger partial charge is 0.508 e. The van der Waals surface area contributed by atoms with Crippen LogP contribution in [0.5, 0.6) is 0 Å². The van der Waals surface area contributed by atoms with Crippen molar-refractivity contribution in [2.75, 3.05) is 77.4 Å². The lowest BCUT2D eigenvalue weighted by atomic mass is 9.86. The smallest absolute Gasteiger partial charge is 0.410 e. The fraction of sp³-hybridized carbons (Fsp3) is 0.650. The Labute approximate surface area is 313 Å². The number of benzene rings is 1. The van der Waals surface area contributed by atoms with Gasteiger partial charge in [0.15, 0.2) is 6.10 Å². The number of nitrogens with zero attached hydrogens (tertiary/aromatic N) is 5. The molecule has 4 heterocycles. The zero-order valence-corrected chi connectivity index (χ0v) is 31.8. The number of aliphatic hydroxyl groups excluding tert-OH is 1. The van der Waals surface area contributed by atoms with E-state index >= 15 is 0 Å². The van der Waals surface area contributed by atoms with Gasteiger partial charge >= 0.3 is 18.1 Å². The number of ether oxygens (including phenoxy) is 2. The number of hydrogen-bond donors (Lipinski definition) is 2. The van der Waals surface area contributed by atoms with E-state index in [0.717, 1.165) is 74.4 Å². The molecule has 4 amide bonds. The Kier molecular flexibility index (Phi) is 13.0. The number of rotatable bonds is 10. The number of piperidine rings is 2. The molecular formula is C40H58N6O7. The van der Waals surface area contributed by atoms with Crippen LogP contribution in [0, 0.1) is 5.92 Å². The highest BCUT2D eigenvalue weighted by Gasteiger charge is 2.37. The van der Waals surface area contributed by atoms with E-state index in [1.165, 1.54) is 0 Å². The molecule has 0 aromatic heterocycles. The number of piperazine rings is 1. The molecule has 0 radical (unpaired) electrons. The van der Waals surface area contributed by atoms with Gasteiger partial charge in [0, 0.05) is 76.5 Å². The van der Waals surface area contributed by atoms with Crippen LogP contribution in [0.4, 0.5) is 15.3 Å². The van der Waals surface area contributed by atoms with E-state index in [9.17, 15) is 24.3 Å². The summed E-state index contributed by atoms with van der Waals surface area (Å²) < 4.78 is 11.2. The first-order valence-electron chi connectivity index (χ1n) is 19.7. The number of nitrogens with one attached hydrogen (secondary N) is 1. The fourth-order valence-electron chi connectivity index (χ4n) is 8.74. The SMILES string of the molecule is CCOC(=O)CCN1CCC(N2CCN(C(=O)[C@@H](CC3C=C(C)C(O)=C(C)C3)OC(=O)N3CCC(N4CCc5ccccc5NC4=O)CC3)CC2)CC1. The molecule has 5 aliphatic rings. The highest BCUT2D eigenvalue weighted by Crippen LogP contribution is 2.32. The van der Waals surface area contributed by atoms with Crippen molar-refractivity contribution in [1.82, 2.24) is 24.5 Å². The first-order valence-corrected chi connectivity index (χ1v) is 19.7. The third-order valence-electron chi connectivity index (χ3n) is 11.8. The lowest BCUT2D eigenvalue weighted by Gasteiger charge is -2.43. The molecule has 1 aromatic carbocycles. The van der Waals surface area contributed by atoms with E-state index in [1.807, 2.05) is 60.9 Å². The summed E-state index contributed by atoms with van der Waals surface area (Å²) in [7, 11) is 0. The van der Waals surface area contributed by atoms with Crippen molar-refractivity contribution in [2.45, 2.75) is 90.3 Å². The molecule has 53 heavy (non-hydrogen) atoms. The van der Waals surface area contributed by atoms with Gasteiger partial charge in [-0.15, -0.1) is 0 Å². The van der Waals surface area contributed by atoms with Gasteiger partial charge < -0.3 is 39.5 Å². The predicted molar refractivity (Wildman–Crippen MR) is 201 cm³/mol. The number of aliphatic hydroxyl groups is 1. The number of carbonyl (C=O) groups is 4. The highest BCUT2D eigenvalue weighted by atomic mass is 16.6. The molecule has 13 nitrogen and oxygen atoms in total. The van der Waals surface area contributed by atoms with E-state index in [0.29, 0.717) is 83.2 Å². The Morgan fingerprint density at radius 1 is 0.906 bits per heavy atom. The average molecular weight is 735 g/mol. The molecule has 0 bridgehead atoms. The standard InChI is InChI=1S/C40H58N6O7/c1-4-52-36(47)14-17-42-15-10-32(11-16-42)43-21-23-44(24-22-43)38(49)35(27-30-25-28(2)37(48)29(3)26-30)53-40(51)45-18-12-33(13-19-45)46-20-9-31-7-5-6-8-34(31)41-39(46)50/h5-8,25,30,32-33,35,48H,4,9-24,26-27H2,1-3H3,(H,41,50)/t30?,35-/m1/s1. The number of esters is 1. The Morgan fingerprint density at radius 2 is 1.60 bits per heavy atom. The van der Waals surface area contributed by atoms with Gasteiger partial charge in [-0.3, -0.25) is 14.5 Å². The first kappa shape index (κ1) is 38.6. The average Bonchev–Trinajstić information content (AvgIpc) is 3.34. The number of fused-ring (bicyclic) bond motifs is 1. The topological polar surface area (TPSA) is 135 Å². The molecule has 3 fully saturated rings. The Morgan fingerprint density at radius 3 is 2.30 bits per heavy atom. The molecular weight excluding hydrogens is 676 g/mol. The second kappa shape index (κ2) is 17.8. The third kappa shape index (κ3) is 9.72. The van der Waals surface area contributed by atoms with Gasteiger partial charge in [-0.25, -0.2) is 9.59 Å². The monoisotopic (exact) mass is 734 g/mol. The molecule has 1 aromatic rings. The minimum absolute atomic E-state index is 0.0108. The molecule has 1 unspecified atom stereocenters. The zero-order valence-electron chi connectivity index (χ0n) is 31.8. The summed E-state index contributed by atoms with van der Waals surface area (Å²) in [4.78, 5) is 63.0. The Bertz CT molecular complexity index is 1540. The minimum atomic E-state index is -0.939. The molecule has 13 heteroatoms. The van der Waals surface area contributed by atoms with Crippen LogP contribution in [0.25, 0.3) is 0 Å². The van der Waals surface area contributed by atoms with E-state index < -0.39 is 12.2 Å². The van der Waals surface area contributed by atoms with Gasteiger partial charge in [0.05, 0.1) is 13.0 Å². The summed E-state index contributed by atoms with van der Waals surface area (Å²) in [5, 5.41) is 13.5. The molecule has 0 spiro atoms. The summed E-state index contributed by atoms with van der Waals surface area (Å²) in [6.45, 7) is 12.8. The van der Waals surface area contributed by atoms with Crippen LogP contribution in [0.2, 0.25) is 0 Å². The molecule has 0 saturated carbocycles. The summed E-state index contributed by atoms with van der Waals surface area (Å²) in [6, 6.07) is 8.23. The van der Waals surface area contributed by atoms with E-state index in [-0.39, 0.29) is 29.9 Å². The summed E-state index contributed by atoms with van der Waals surface area (Å²) in [5.74, 6) is -0.0508. The van der Waals surface area contributed by atoms with E-state index in [1.54, 1.807) is 4.90 Å². The van der Waals surface area contributed by atoms with Crippen LogP contribution in [-0.4, -0.2) is 144 Å². The zero-order chi connectivity index (χ0) is 37.5.